The van der Waals surface area contributed by atoms with Crippen LogP contribution in [0.25, 0.3) is 0 Å². The summed E-state index contributed by atoms with van der Waals surface area (Å²) in [4.78, 5) is 2.48. The Morgan fingerprint density at radius 3 is 2.68 bits per heavy atom. The molecule has 0 saturated carbocycles. The summed E-state index contributed by atoms with van der Waals surface area (Å²) in [7, 11) is 1.71. The number of aryl methyl sites for hydroxylation is 1. The summed E-state index contributed by atoms with van der Waals surface area (Å²) >= 11 is 0. The summed E-state index contributed by atoms with van der Waals surface area (Å²) in [5.74, 6) is 1.77. The second-order valence-electron chi connectivity index (χ2n) is 5.84. The SMILES string of the molecule is COc1ccc(C)cc1C(N)CN1CCC(C)CC1. The summed E-state index contributed by atoms with van der Waals surface area (Å²) in [6.45, 7) is 7.69. The highest BCUT2D eigenvalue weighted by atomic mass is 16.5. The van der Waals surface area contributed by atoms with Gasteiger partial charge < -0.3 is 15.4 Å². The van der Waals surface area contributed by atoms with Gasteiger partial charge in [0.15, 0.2) is 0 Å². The van der Waals surface area contributed by atoms with E-state index < -0.39 is 0 Å². The number of nitrogens with two attached hydrogens (primary N) is 1. The van der Waals surface area contributed by atoms with Gasteiger partial charge in [-0.25, -0.2) is 0 Å². The predicted octanol–water partition coefficient (Wildman–Crippen LogP) is 2.74. The maximum atomic E-state index is 6.38. The highest BCUT2D eigenvalue weighted by Gasteiger charge is 2.20. The second-order valence-corrected chi connectivity index (χ2v) is 5.84. The monoisotopic (exact) mass is 262 g/mol. The molecule has 2 N–H and O–H groups in total. The summed E-state index contributed by atoms with van der Waals surface area (Å²) in [5.41, 5.74) is 8.74. The maximum absolute atomic E-state index is 6.38. The molecule has 3 heteroatoms. The molecule has 1 atom stereocenters. The molecular formula is C16H26N2O. The molecule has 0 spiro atoms. The number of ether oxygens (including phenoxy) is 1. The Bertz CT molecular complexity index is 411. The molecule has 0 aliphatic carbocycles. The van der Waals surface area contributed by atoms with Crippen LogP contribution in [0.15, 0.2) is 18.2 Å². The lowest BCUT2D eigenvalue weighted by molar-refractivity contribution is 0.182. The van der Waals surface area contributed by atoms with Crippen molar-refractivity contribution in [2.45, 2.75) is 32.7 Å². The van der Waals surface area contributed by atoms with Crippen molar-refractivity contribution < 1.29 is 4.74 Å². The number of benzene rings is 1. The van der Waals surface area contributed by atoms with Crippen LogP contribution in [-0.2, 0) is 0 Å². The van der Waals surface area contributed by atoms with Crippen LogP contribution in [-0.4, -0.2) is 31.6 Å². The average molecular weight is 262 g/mol. The van der Waals surface area contributed by atoms with Gasteiger partial charge in [-0.3, -0.25) is 0 Å². The molecule has 1 aliphatic rings. The van der Waals surface area contributed by atoms with Crippen molar-refractivity contribution in [2.24, 2.45) is 11.7 Å². The van der Waals surface area contributed by atoms with Crippen LogP contribution in [0.2, 0.25) is 0 Å². The Morgan fingerprint density at radius 2 is 2.05 bits per heavy atom. The number of methoxy groups -OCH3 is 1. The van der Waals surface area contributed by atoms with Crippen molar-refractivity contribution in [3.05, 3.63) is 29.3 Å². The predicted molar refractivity (Wildman–Crippen MR) is 79.5 cm³/mol. The van der Waals surface area contributed by atoms with Crippen LogP contribution in [0, 0.1) is 12.8 Å². The van der Waals surface area contributed by atoms with Gasteiger partial charge in [0.1, 0.15) is 5.75 Å². The highest BCUT2D eigenvalue weighted by Crippen LogP contribution is 2.26. The van der Waals surface area contributed by atoms with Crippen LogP contribution in [0.5, 0.6) is 5.75 Å². The number of nitrogens with zero attached hydrogens (tertiary/aromatic N) is 1. The van der Waals surface area contributed by atoms with Crippen molar-refractivity contribution in [1.82, 2.24) is 4.90 Å². The molecular weight excluding hydrogens is 236 g/mol. The molecule has 106 valence electrons. The first-order valence-corrected chi connectivity index (χ1v) is 7.22. The van der Waals surface area contributed by atoms with Crippen LogP contribution in [0.1, 0.15) is 36.9 Å². The molecule has 2 rings (SSSR count). The molecule has 0 amide bonds. The number of likely N-dealkylation sites (tertiary alicyclic amines) is 1. The minimum Gasteiger partial charge on any atom is -0.496 e. The van der Waals surface area contributed by atoms with E-state index in [1.807, 2.05) is 6.07 Å². The van der Waals surface area contributed by atoms with Crippen LogP contribution in [0.3, 0.4) is 0 Å². The molecule has 0 radical (unpaired) electrons. The van der Waals surface area contributed by atoms with Gasteiger partial charge >= 0.3 is 0 Å². The van der Waals surface area contributed by atoms with Gasteiger partial charge in [0.05, 0.1) is 7.11 Å². The van der Waals surface area contributed by atoms with E-state index in [4.69, 9.17) is 10.5 Å². The highest BCUT2D eigenvalue weighted by molar-refractivity contribution is 5.39. The van der Waals surface area contributed by atoms with Gasteiger partial charge in [-0.2, -0.15) is 0 Å². The number of rotatable bonds is 4. The minimum atomic E-state index is 0.0308. The average Bonchev–Trinajstić information content (AvgIpc) is 2.41. The minimum absolute atomic E-state index is 0.0308. The van der Waals surface area contributed by atoms with Crippen molar-refractivity contribution in [1.29, 1.82) is 0 Å². The Morgan fingerprint density at radius 1 is 1.37 bits per heavy atom. The Balaban J connectivity index is 2.03. The second kappa shape index (κ2) is 6.40. The summed E-state index contributed by atoms with van der Waals surface area (Å²) in [5, 5.41) is 0. The number of hydrogen-bond acceptors (Lipinski definition) is 3. The lowest BCUT2D eigenvalue weighted by Crippen LogP contribution is -2.38. The molecule has 1 unspecified atom stereocenters. The lowest BCUT2D eigenvalue weighted by Gasteiger charge is -2.32. The molecule has 1 aliphatic heterocycles. The quantitative estimate of drug-likeness (QED) is 0.906. The molecule has 1 aromatic rings. The molecule has 3 nitrogen and oxygen atoms in total. The third-order valence-electron chi connectivity index (χ3n) is 4.12. The van der Waals surface area contributed by atoms with Gasteiger partial charge in [0, 0.05) is 18.2 Å². The first-order valence-electron chi connectivity index (χ1n) is 7.22. The van der Waals surface area contributed by atoms with E-state index in [1.165, 1.54) is 31.5 Å². The lowest BCUT2D eigenvalue weighted by atomic mass is 9.97. The first-order chi connectivity index (χ1) is 9.10. The third kappa shape index (κ3) is 3.71. The molecule has 1 heterocycles. The van der Waals surface area contributed by atoms with Crippen LogP contribution >= 0.6 is 0 Å². The van der Waals surface area contributed by atoms with Crippen molar-refractivity contribution >= 4 is 0 Å². The Labute approximate surface area is 116 Å². The Hall–Kier alpha value is -1.06. The zero-order valence-corrected chi connectivity index (χ0v) is 12.4. The summed E-state index contributed by atoms with van der Waals surface area (Å²) < 4.78 is 5.43. The largest absolute Gasteiger partial charge is 0.496 e. The van der Waals surface area contributed by atoms with E-state index in [0.29, 0.717) is 0 Å². The summed E-state index contributed by atoms with van der Waals surface area (Å²) in [6.07, 6.45) is 2.58. The van der Waals surface area contributed by atoms with E-state index in [0.717, 1.165) is 23.8 Å². The van der Waals surface area contributed by atoms with Crippen LogP contribution < -0.4 is 10.5 Å². The van der Waals surface area contributed by atoms with E-state index in [-0.39, 0.29) is 6.04 Å². The fourth-order valence-electron chi connectivity index (χ4n) is 2.76. The fraction of sp³-hybridized carbons (Fsp3) is 0.625. The molecule has 19 heavy (non-hydrogen) atoms. The smallest absolute Gasteiger partial charge is 0.123 e. The van der Waals surface area contributed by atoms with Gasteiger partial charge in [-0.1, -0.05) is 24.6 Å². The van der Waals surface area contributed by atoms with Crippen molar-refractivity contribution in [3.63, 3.8) is 0 Å². The fourth-order valence-corrected chi connectivity index (χ4v) is 2.76. The third-order valence-corrected chi connectivity index (χ3v) is 4.12. The van der Waals surface area contributed by atoms with Gasteiger partial charge in [-0.05, 0) is 44.8 Å². The zero-order valence-electron chi connectivity index (χ0n) is 12.4. The number of piperidine rings is 1. The Kier molecular flexibility index (Phi) is 4.83. The zero-order chi connectivity index (χ0) is 13.8. The van der Waals surface area contributed by atoms with Crippen LogP contribution in [0.4, 0.5) is 0 Å². The first kappa shape index (κ1) is 14.4. The molecule has 1 saturated heterocycles. The molecule has 1 aromatic carbocycles. The van der Waals surface area contributed by atoms with E-state index in [9.17, 15) is 0 Å². The standard InChI is InChI=1S/C16H26N2O/c1-12-6-8-18(9-7-12)11-15(17)14-10-13(2)4-5-16(14)19-3/h4-5,10,12,15H,6-9,11,17H2,1-3H3. The summed E-state index contributed by atoms with van der Waals surface area (Å²) in [6, 6.07) is 6.26. The molecule has 0 bridgehead atoms. The van der Waals surface area contributed by atoms with Crippen molar-refractivity contribution in [3.8, 4) is 5.75 Å². The van der Waals surface area contributed by atoms with Gasteiger partial charge in [0.2, 0.25) is 0 Å². The normalized spacial score (nSPS) is 19.4. The molecule has 1 fully saturated rings. The van der Waals surface area contributed by atoms with Gasteiger partial charge in [0.25, 0.3) is 0 Å². The maximum Gasteiger partial charge on any atom is 0.123 e. The van der Waals surface area contributed by atoms with Crippen molar-refractivity contribution in [2.75, 3.05) is 26.7 Å². The number of hydrogen-bond donors (Lipinski definition) is 1. The van der Waals surface area contributed by atoms with E-state index >= 15 is 0 Å². The van der Waals surface area contributed by atoms with E-state index in [1.54, 1.807) is 7.11 Å². The van der Waals surface area contributed by atoms with Gasteiger partial charge in [-0.15, -0.1) is 0 Å². The molecule has 0 aromatic heterocycles. The topological polar surface area (TPSA) is 38.5 Å². The van der Waals surface area contributed by atoms with E-state index in [2.05, 4.69) is 30.9 Å².